The maximum Gasteiger partial charge on any atom is 0.243 e. The van der Waals surface area contributed by atoms with Gasteiger partial charge in [0.15, 0.2) is 0 Å². The maximum atomic E-state index is 13.7. The lowest BCUT2D eigenvalue weighted by Gasteiger charge is -2.39. The number of benzene rings is 2. The Balaban J connectivity index is 1.13. The second-order valence-electron chi connectivity index (χ2n) is 10.3. The van der Waals surface area contributed by atoms with Crippen LogP contribution in [0.1, 0.15) is 12.8 Å². The second kappa shape index (κ2) is 10.9. The van der Waals surface area contributed by atoms with Crippen molar-refractivity contribution < 1.29 is 17.6 Å². The highest BCUT2D eigenvalue weighted by Crippen LogP contribution is 2.30. The van der Waals surface area contributed by atoms with Crippen LogP contribution in [0.5, 0.6) is 0 Å². The van der Waals surface area contributed by atoms with Crippen molar-refractivity contribution in [3.05, 3.63) is 85.1 Å². The number of hydrogen-bond acceptors (Lipinski definition) is 6. The number of anilines is 1. The molecule has 2 aliphatic rings. The minimum Gasteiger partial charge on any atom is -0.367 e. The number of nitrogens with zero attached hydrogens (tertiary/aromatic N) is 5. The van der Waals surface area contributed by atoms with Gasteiger partial charge >= 0.3 is 0 Å². The molecule has 2 aromatic heterocycles. The third kappa shape index (κ3) is 5.16. The number of halogens is 1. The van der Waals surface area contributed by atoms with Crippen molar-refractivity contribution in [2.24, 2.45) is 5.92 Å². The molecule has 2 saturated heterocycles. The summed E-state index contributed by atoms with van der Waals surface area (Å²) in [5.74, 6) is -0.691. The zero-order valence-electron chi connectivity index (χ0n) is 22.0. The number of carbonyl (C=O) groups excluding carboxylic acids is 1. The topological polar surface area (TPSA) is 86.7 Å². The summed E-state index contributed by atoms with van der Waals surface area (Å²) < 4.78 is 42.3. The third-order valence-electron chi connectivity index (χ3n) is 7.81. The fourth-order valence-electron chi connectivity index (χ4n) is 5.69. The smallest absolute Gasteiger partial charge is 0.243 e. The van der Waals surface area contributed by atoms with Crippen molar-refractivity contribution in [1.82, 2.24) is 19.2 Å². The van der Waals surface area contributed by atoms with E-state index in [9.17, 15) is 17.6 Å². The summed E-state index contributed by atoms with van der Waals surface area (Å²) in [6, 6.07) is 17.1. The van der Waals surface area contributed by atoms with Crippen LogP contribution < -0.4 is 4.90 Å². The number of sulfonamides is 1. The lowest BCUT2D eigenvalue weighted by molar-refractivity contribution is -0.137. The SMILES string of the molecule is O=C(C1CCCN(S(=O)(=O)c2cccc(-c3cccnc3)c2)C1)N1CCN(c2ccnc3cc(F)ccc23)CC1. The fourth-order valence-corrected chi connectivity index (χ4v) is 7.26. The van der Waals surface area contributed by atoms with E-state index in [1.807, 2.05) is 29.2 Å². The highest BCUT2D eigenvalue weighted by molar-refractivity contribution is 7.89. The zero-order valence-corrected chi connectivity index (χ0v) is 22.8. The van der Waals surface area contributed by atoms with Crippen molar-refractivity contribution >= 4 is 32.5 Å². The maximum absolute atomic E-state index is 13.7. The van der Waals surface area contributed by atoms with Gasteiger partial charge in [-0.25, -0.2) is 12.8 Å². The molecule has 0 radical (unpaired) electrons. The molecule has 1 amide bonds. The van der Waals surface area contributed by atoms with E-state index in [0.29, 0.717) is 51.1 Å². The fraction of sp³-hybridized carbons (Fsp3) is 0.300. The van der Waals surface area contributed by atoms with Crippen LogP contribution in [0.2, 0.25) is 0 Å². The van der Waals surface area contributed by atoms with Crippen molar-refractivity contribution in [2.45, 2.75) is 17.7 Å². The monoisotopic (exact) mass is 559 g/mol. The van der Waals surface area contributed by atoms with E-state index in [1.54, 1.807) is 42.9 Å². The van der Waals surface area contributed by atoms with Crippen LogP contribution in [-0.2, 0) is 14.8 Å². The van der Waals surface area contributed by atoms with Gasteiger partial charge in [0.05, 0.1) is 16.3 Å². The summed E-state index contributed by atoms with van der Waals surface area (Å²) in [4.78, 5) is 26.2. The standard InChI is InChI=1S/C30H30FN5O3S/c31-25-8-9-27-28(19-25)33-12-10-29(27)34-14-16-35(17-15-34)30(37)24-6-3-13-36(21-24)40(38,39)26-7-1-4-22(18-26)23-5-2-11-32-20-23/h1-2,4-5,7-12,18-20,24H,3,6,13-17,21H2. The average molecular weight is 560 g/mol. The highest BCUT2D eigenvalue weighted by atomic mass is 32.2. The molecule has 0 bridgehead atoms. The minimum atomic E-state index is -3.76. The number of aromatic nitrogens is 2. The summed E-state index contributed by atoms with van der Waals surface area (Å²) in [5.41, 5.74) is 3.20. The summed E-state index contributed by atoms with van der Waals surface area (Å²) >= 11 is 0. The number of piperazine rings is 1. The summed E-state index contributed by atoms with van der Waals surface area (Å²) in [6.07, 6.45) is 6.37. The van der Waals surface area contributed by atoms with E-state index in [4.69, 9.17) is 0 Å². The number of fused-ring (bicyclic) bond motifs is 1. The molecular formula is C30H30FN5O3S. The molecule has 8 nitrogen and oxygen atoms in total. The predicted octanol–water partition coefficient (Wildman–Crippen LogP) is 4.19. The first-order valence-electron chi connectivity index (χ1n) is 13.5. The molecule has 2 aromatic carbocycles. The summed E-state index contributed by atoms with van der Waals surface area (Å²) in [7, 11) is -3.76. The van der Waals surface area contributed by atoms with Crippen LogP contribution in [0.4, 0.5) is 10.1 Å². The van der Waals surface area contributed by atoms with Crippen molar-refractivity contribution in [1.29, 1.82) is 0 Å². The number of piperidine rings is 1. The van der Waals surface area contributed by atoms with E-state index < -0.39 is 10.0 Å². The number of pyridine rings is 2. The predicted molar refractivity (Wildman–Crippen MR) is 152 cm³/mol. The van der Waals surface area contributed by atoms with E-state index in [1.165, 1.54) is 16.4 Å². The molecule has 206 valence electrons. The van der Waals surface area contributed by atoms with Gasteiger partial charge in [-0.2, -0.15) is 4.31 Å². The largest absolute Gasteiger partial charge is 0.367 e. The number of amides is 1. The van der Waals surface area contributed by atoms with Crippen LogP contribution >= 0.6 is 0 Å². The summed E-state index contributed by atoms with van der Waals surface area (Å²) in [6.45, 7) is 2.93. The molecule has 2 fully saturated rings. The molecule has 1 unspecified atom stereocenters. The van der Waals surface area contributed by atoms with Gasteiger partial charge in [0.25, 0.3) is 0 Å². The van der Waals surface area contributed by atoms with Gasteiger partial charge < -0.3 is 9.80 Å². The Morgan fingerprint density at radius 1 is 0.900 bits per heavy atom. The molecule has 4 aromatic rings. The van der Waals surface area contributed by atoms with Gasteiger partial charge in [-0.05, 0) is 54.8 Å². The van der Waals surface area contributed by atoms with Crippen molar-refractivity contribution in [2.75, 3.05) is 44.2 Å². The van der Waals surface area contributed by atoms with Crippen LogP contribution in [0.25, 0.3) is 22.0 Å². The van der Waals surface area contributed by atoms with Gasteiger partial charge in [0.1, 0.15) is 5.82 Å². The Bertz CT molecular complexity index is 1640. The quantitative estimate of drug-likeness (QED) is 0.365. The molecule has 1 atom stereocenters. The first kappa shape index (κ1) is 26.3. The lowest BCUT2D eigenvalue weighted by atomic mass is 9.97. The van der Waals surface area contributed by atoms with Crippen molar-refractivity contribution in [3.8, 4) is 11.1 Å². The van der Waals surface area contributed by atoms with E-state index >= 15 is 0 Å². The van der Waals surface area contributed by atoms with Crippen molar-refractivity contribution in [3.63, 3.8) is 0 Å². The van der Waals surface area contributed by atoms with E-state index in [-0.39, 0.29) is 29.1 Å². The van der Waals surface area contributed by atoms with E-state index in [0.717, 1.165) is 22.2 Å². The molecule has 2 aliphatic heterocycles. The van der Waals surface area contributed by atoms with Crippen LogP contribution in [0.15, 0.2) is 84.1 Å². The molecule has 0 aliphatic carbocycles. The van der Waals surface area contributed by atoms with E-state index in [2.05, 4.69) is 14.9 Å². The number of rotatable bonds is 5. The Kier molecular flexibility index (Phi) is 7.20. The number of carbonyl (C=O) groups is 1. The normalized spacial score (nSPS) is 18.7. The van der Waals surface area contributed by atoms with Gasteiger partial charge in [0, 0.05) is 80.6 Å². The molecule has 4 heterocycles. The Morgan fingerprint density at radius 3 is 2.52 bits per heavy atom. The van der Waals surface area contributed by atoms with Gasteiger partial charge in [-0.1, -0.05) is 18.2 Å². The van der Waals surface area contributed by atoms with Crippen LogP contribution in [0.3, 0.4) is 0 Å². The Hall–Kier alpha value is -3.89. The Morgan fingerprint density at radius 2 is 1.73 bits per heavy atom. The highest BCUT2D eigenvalue weighted by Gasteiger charge is 2.36. The molecular weight excluding hydrogens is 529 g/mol. The molecule has 0 saturated carbocycles. The van der Waals surface area contributed by atoms with Crippen LogP contribution in [0, 0.1) is 11.7 Å². The molecule has 0 N–H and O–H groups in total. The third-order valence-corrected chi connectivity index (χ3v) is 9.67. The van der Waals surface area contributed by atoms with Gasteiger partial charge in [-0.15, -0.1) is 0 Å². The minimum absolute atomic E-state index is 0.00492. The molecule has 6 rings (SSSR count). The summed E-state index contributed by atoms with van der Waals surface area (Å²) in [5, 5.41) is 0.879. The van der Waals surface area contributed by atoms with Crippen LogP contribution in [-0.4, -0.2) is 72.8 Å². The molecule has 0 spiro atoms. The lowest BCUT2D eigenvalue weighted by Crippen LogP contribution is -2.53. The number of hydrogen-bond donors (Lipinski definition) is 0. The Labute approximate surface area is 233 Å². The molecule has 10 heteroatoms. The zero-order chi connectivity index (χ0) is 27.7. The first-order chi connectivity index (χ1) is 19.4. The average Bonchev–Trinajstić information content (AvgIpc) is 3.01. The molecule has 40 heavy (non-hydrogen) atoms. The van der Waals surface area contributed by atoms with Gasteiger partial charge in [-0.3, -0.25) is 14.8 Å². The second-order valence-corrected chi connectivity index (χ2v) is 12.2. The van der Waals surface area contributed by atoms with Gasteiger partial charge in [0.2, 0.25) is 15.9 Å². The first-order valence-corrected chi connectivity index (χ1v) is 14.9.